The minimum Gasteiger partial charge on any atom is -0.490 e. The van der Waals surface area contributed by atoms with E-state index in [1.54, 1.807) is 0 Å². The van der Waals surface area contributed by atoms with Gasteiger partial charge in [-0.1, -0.05) is 35.2 Å². The number of hydrogen-bond acceptors (Lipinski definition) is 3. The zero-order valence-electron chi connectivity index (χ0n) is 14.8. The Balaban J connectivity index is 1.68. The molecule has 1 aromatic rings. The van der Waals surface area contributed by atoms with Crippen LogP contribution in [-0.2, 0) is 6.54 Å². The number of ether oxygens (including phenoxy) is 2. The molecule has 1 N–H and O–H groups in total. The van der Waals surface area contributed by atoms with Crippen molar-refractivity contribution in [1.82, 2.24) is 5.32 Å². The van der Waals surface area contributed by atoms with Gasteiger partial charge in [-0.25, -0.2) is 0 Å². The first-order valence-corrected chi connectivity index (χ1v) is 10.4. The van der Waals surface area contributed by atoms with E-state index in [1.807, 2.05) is 6.92 Å². The van der Waals surface area contributed by atoms with Crippen molar-refractivity contribution >= 4 is 15.9 Å². The van der Waals surface area contributed by atoms with Crippen LogP contribution in [0.5, 0.6) is 11.5 Å². The van der Waals surface area contributed by atoms with E-state index < -0.39 is 0 Å². The summed E-state index contributed by atoms with van der Waals surface area (Å²) in [5.74, 6) is 1.77. The van der Waals surface area contributed by atoms with Crippen LogP contribution in [-0.4, -0.2) is 18.8 Å². The molecule has 134 valence electrons. The van der Waals surface area contributed by atoms with Gasteiger partial charge in [0.25, 0.3) is 0 Å². The fraction of sp³-hybridized carbons (Fsp3) is 0.700. The molecule has 0 atom stereocenters. The third-order valence-electron chi connectivity index (χ3n) is 5.19. The third kappa shape index (κ3) is 4.89. The standard InChI is InChI=1S/C20H30BrNO2/c1-2-23-19-12-15(14-22-16-8-4-3-5-9-16)18(21)13-20(19)24-17-10-6-7-11-17/h12-13,16-17,22H,2-11,14H2,1H3. The van der Waals surface area contributed by atoms with E-state index in [4.69, 9.17) is 9.47 Å². The second-order valence-electron chi connectivity index (χ2n) is 7.06. The molecule has 4 heteroatoms. The Hall–Kier alpha value is -0.740. The molecule has 3 nitrogen and oxygen atoms in total. The SMILES string of the molecule is CCOc1cc(CNC2CCCCC2)c(Br)cc1OC1CCCC1. The highest BCUT2D eigenvalue weighted by Gasteiger charge is 2.20. The summed E-state index contributed by atoms with van der Waals surface area (Å²) in [4.78, 5) is 0. The Morgan fingerprint density at radius 3 is 2.42 bits per heavy atom. The molecule has 1 aromatic carbocycles. The van der Waals surface area contributed by atoms with Crippen LogP contribution in [0.1, 0.15) is 70.3 Å². The molecule has 0 amide bonds. The zero-order valence-corrected chi connectivity index (χ0v) is 16.4. The van der Waals surface area contributed by atoms with Gasteiger partial charge < -0.3 is 14.8 Å². The summed E-state index contributed by atoms with van der Waals surface area (Å²) in [6.45, 7) is 3.58. The van der Waals surface area contributed by atoms with Crippen LogP contribution >= 0.6 is 15.9 Å². The van der Waals surface area contributed by atoms with E-state index in [2.05, 4.69) is 33.4 Å². The van der Waals surface area contributed by atoms with Crippen LogP contribution in [0.2, 0.25) is 0 Å². The normalized spacial score (nSPS) is 19.6. The monoisotopic (exact) mass is 395 g/mol. The van der Waals surface area contributed by atoms with E-state index >= 15 is 0 Å². The predicted molar refractivity (Wildman–Crippen MR) is 102 cm³/mol. The maximum absolute atomic E-state index is 6.21. The van der Waals surface area contributed by atoms with E-state index in [-0.39, 0.29) is 0 Å². The summed E-state index contributed by atoms with van der Waals surface area (Å²) in [7, 11) is 0. The molecule has 0 aliphatic heterocycles. The van der Waals surface area contributed by atoms with Crippen LogP contribution in [0.25, 0.3) is 0 Å². The number of rotatable bonds is 7. The molecule has 2 saturated carbocycles. The number of halogens is 1. The smallest absolute Gasteiger partial charge is 0.162 e. The largest absolute Gasteiger partial charge is 0.490 e. The minimum absolute atomic E-state index is 0.349. The van der Waals surface area contributed by atoms with Crippen LogP contribution in [0.15, 0.2) is 16.6 Å². The minimum atomic E-state index is 0.349. The second kappa shape index (κ2) is 9.10. The summed E-state index contributed by atoms with van der Waals surface area (Å²) in [5, 5.41) is 3.71. The molecule has 0 unspecified atom stereocenters. The summed E-state index contributed by atoms with van der Waals surface area (Å²) in [5.41, 5.74) is 1.25. The van der Waals surface area contributed by atoms with Crippen molar-refractivity contribution in [1.29, 1.82) is 0 Å². The summed E-state index contributed by atoms with van der Waals surface area (Å²) >= 11 is 3.73. The molecule has 0 heterocycles. The van der Waals surface area contributed by atoms with Crippen molar-refractivity contribution in [3.05, 3.63) is 22.2 Å². The first kappa shape index (κ1) is 18.1. The van der Waals surface area contributed by atoms with E-state index in [9.17, 15) is 0 Å². The van der Waals surface area contributed by atoms with E-state index in [0.717, 1.165) is 35.4 Å². The molecule has 0 bridgehead atoms. The Morgan fingerprint density at radius 1 is 1.00 bits per heavy atom. The maximum Gasteiger partial charge on any atom is 0.162 e. The lowest BCUT2D eigenvalue weighted by Crippen LogP contribution is -2.30. The van der Waals surface area contributed by atoms with Crippen LogP contribution < -0.4 is 14.8 Å². The molecule has 3 rings (SSSR count). The average Bonchev–Trinajstić information content (AvgIpc) is 3.10. The van der Waals surface area contributed by atoms with Gasteiger partial charge in [0.05, 0.1) is 12.7 Å². The molecule has 0 radical (unpaired) electrons. The fourth-order valence-electron chi connectivity index (χ4n) is 3.82. The third-order valence-corrected chi connectivity index (χ3v) is 5.93. The first-order valence-electron chi connectivity index (χ1n) is 9.61. The van der Waals surface area contributed by atoms with Gasteiger partial charge in [-0.15, -0.1) is 0 Å². The van der Waals surface area contributed by atoms with Gasteiger partial charge >= 0.3 is 0 Å². The molecule has 2 fully saturated rings. The Morgan fingerprint density at radius 2 is 1.71 bits per heavy atom. The molecule has 2 aliphatic rings. The second-order valence-corrected chi connectivity index (χ2v) is 7.92. The van der Waals surface area contributed by atoms with E-state index in [0.29, 0.717) is 18.8 Å². The van der Waals surface area contributed by atoms with Crippen LogP contribution in [0, 0.1) is 0 Å². The average molecular weight is 396 g/mol. The maximum atomic E-state index is 6.21. The van der Waals surface area contributed by atoms with Gasteiger partial charge in [0, 0.05) is 17.1 Å². The number of nitrogens with one attached hydrogen (secondary N) is 1. The number of benzene rings is 1. The molecule has 2 aliphatic carbocycles. The Kier molecular flexibility index (Phi) is 6.85. The lowest BCUT2D eigenvalue weighted by atomic mass is 9.95. The van der Waals surface area contributed by atoms with Gasteiger partial charge in [-0.3, -0.25) is 0 Å². The van der Waals surface area contributed by atoms with Gasteiger partial charge in [0.15, 0.2) is 11.5 Å². The van der Waals surface area contributed by atoms with Crippen LogP contribution in [0.4, 0.5) is 0 Å². The molecule has 0 spiro atoms. The van der Waals surface area contributed by atoms with Crippen molar-refractivity contribution in [2.45, 2.75) is 83.4 Å². The highest BCUT2D eigenvalue weighted by Crippen LogP contribution is 2.36. The summed E-state index contributed by atoms with van der Waals surface area (Å²) in [6, 6.07) is 4.91. The van der Waals surface area contributed by atoms with Gasteiger partial charge in [0.2, 0.25) is 0 Å². The van der Waals surface area contributed by atoms with Crippen molar-refractivity contribution in [2.75, 3.05) is 6.61 Å². The van der Waals surface area contributed by atoms with Crippen molar-refractivity contribution in [3.8, 4) is 11.5 Å². The Labute approximate surface area is 154 Å². The van der Waals surface area contributed by atoms with Crippen molar-refractivity contribution in [3.63, 3.8) is 0 Å². The quantitative estimate of drug-likeness (QED) is 0.652. The lowest BCUT2D eigenvalue weighted by Gasteiger charge is -2.24. The molecule has 24 heavy (non-hydrogen) atoms. The fourth-order valence-corrected chi connectivity index (χ4v) is 4.28. The zero-order chi connectivity index (χ0) is 16.8. The molecule has 0 aromatic heterocycles. The van der Waals surface area contributed by atoms with Crippen LogP contribution in [0.3, 0.4) is 0 Å². The molecular formula is C20H30BrNO2. The first-order chi connectivity index (χ1) is 11.8. The number of hydrogen-bond donors (Lipinski definition) is 1. The van der Waals surface area contributed by atoms with Gasteiger partial charge in [0.1, 0.15) is 0 Å². The highest BCUT2D eigenvalue weighted by atomic mass is 79.9. The van der Waals surface area contributed by atoms with E-state index in [1.165, 1.54) is 50.5 Å². The Bertz CT molecular complexity index is 523. The van der Waals surface area contributed by atoms with Gasteiger partial charge in [-0.2, -0.15) is 0 Å². The van der Waals surface area contributed by atoms with Gasteiger partial charge in [-0.05, 0) is 63.1 Å². The predicted octanol–water partition coefficient (Wildman–Crippen LogP) is 5.59. The summed E-state index contributed by atoms with van der Waals surface area (Å²) < 4.78 is 13.2. The highest BCUT2D eigenvalue weighted by molar-refractivity contribution is 9.10. The molecule has 0 saturated heterocycles. The van der Waals surface area contributed by atoms with Crippen molar-refractivity contribution < 1.29 is 9.47 Å². The van der Waals surface area contributed by atoms with Crippen molar-refractivity contribution in [2.24, 2.45) is 0 Å². The topological polar surface area (TPSA) is 30.5 Å². The summed E-state index contributed by atoms with van der Waals surface area (Å²) in [6.07, 6.45) is 11.9. The lowest BCUT2D eigenvalue weighted by molar-refractivity contribution is 0.196. The molecular weight excluding hydrogens is 366 g/mol.